The van der Waals surface area contributed by atoms with Gasteiger partial charge in [-0.15, -0.1) is 0 Å². The van der Waals surface area contributed by atoms with Crippen LogP contribution < -0.4 is 5.32 Å². The van der Waals surface area contributed by atoms with Crippen molar-refractivity contribution in [2.75, 3.05) is 26.7 Å². The van der Waals surface area contributed by atoms with Gasteiger partial charge in [0.15, 0.2) is 5.82 Å². The van der Waals surface area contributed by atoms with Gasteiger partial charge < -0.3 is 9.84 Å². The van der Waals surface area contributed by atoms with E-state index in [1.807, 2.05) is 0 Å². The molecule has 18 heavy (non-hydrogen) atoms. The Morgan fingerprint density at radius 2 is 2.28 bits per heavy atom. The van der Waals surface area contributed by atoms with Crippen LogP contribution in [-0.4, -0.2) is 41.7 Å². The molecule has 0 spiro atoms. The van der Waals surface area contributed by atoms with Crippen molar-refractivity contribution in [1.82, 2.24) is 20.4 Å². The molecule has 0 amide bonds. The molecule has 1 aliphatic heterocycles. The number of piperazine rings is 1. The van der Waals surface area contributed by atoms with Gasteiger partial charge in [-0.1, -0.05) is 32.3 Å². The van der Waals surface area contributed by atoms with Gasteiger partial charge in [-0.3, -0.25) is 4.90 Å². The highest BCUT2D eigenvalue weighted by atomic mass is 16.5. The predicted molar refractivity (Wildman–Crippen MR) is 70.3 cm³/mol. The van der Waals surface area contributed by atoms with E-state index in [1.54, 1.807) is 0 Å². The van der Waals surface area contributed by atoms with Gasteiger partial charge in [-0.25, -0.2) is 0 Å². The third-order valence-corrected chi connectivity index (χ3v) is 3.88. The SMILES string of the molecule is CCC(C)(C)Cc1nc(C2CNCCN2C)no1. The Morgan fingerprint density at radius 1 is 1.50 bits per heavy atom. The van der Waals surface area contributed by atoms with Gasteiger partial charge in [0.05, 0.1) is 6.04 Å². The Kier molecular flexibility index (Phi) is 4.02. The first kappa shape index (κ1) is 13.5. The zero-order valence-corrected chi connectivity index (χ0v) is 11.9. The first-order chi connectivity index (χ1) is 8.52. The molecule has 1 saturated heterocycles. The highest BCUT2D eigenvalue weighted by Crippen LogP contribution is 2.25. The number of aromatic nitrogens is 2. The third kappa shape index (κ3) is 3.09. The summed E-state index contributed by atoms with van der Waals surface area (Å²) in [5.74, 6) is 1.57. The first-order valence-electron chi connectivity index (χ1n) is 6.75. The third-order valence-electron chi connectivity index (χ3n) is 3.88. The maximum absolute atomic E-state index is 5.39. The van der Waals surface area contributed by atoms with Crippen molar-refractivity contribution in [2.45, 2.75) is 39.7 Å². The maximum atomic E-state index is 5.39. The first-order valence-corrected chi connectivity index (χ1v) is 6.75. The van der Waals surface area contributed by atoms with Crippen molar-refractivity contribution in [3.63, 3.8) is 0 Å². The van der Waals surface area contributed by atoms with Crippen LogP contribution in [0, 0.1) is 5.41 Å². The minimum atomic E-state index is 0.223. The molecular weight excluding hydrogens is 228 g/mol. The summed E-state index contributed by atoms with van der Waals surface area (Å²) < 4.78 is 5.39. The lowest BCUT2D eigenvalue weighted by Crippen LogP contribution is -2.44. The molecule has 1 aliphatic rings. The molecule has 1 atom stereocenters. The molecule has 0 saturated carbocycles. The topological polar surface area (TPSA) is 54.2 Å². The number of hydrogen-bond donors (Lipinski definition) is 1. The summed E-state index contributed by atoms with van der Waals surface area (Å²) in [6, 6.07) is 0.237. The van der Waals surface area contributed by atoms with Crippen molar-refractivity contribution in [3.8, 4) is 0 Å². The van der Waals surface area contributed by atoms with E-state index in [-0.39, 0.29) is 11.5 Å². The quantitative estimate of drug-likeness (QED) is 0.882. The van der Waals surface area contributed by atoms with Gasteiger partial charge >= 0.3 is 0 Å². The highest BCUT2D eigenvalue weighted by Gasteiger charge is 2.26. The van der Waals surface area contributed by atoms with E-state index in [4.69, 9.17) is 4.52 Å². The molecule has 5 nitrogen and oxygen atoms in total. The molecule has 1 N–H and O–H groups in total. The van der Waals surface area contributed by atoms with E-state index in [0.29, 0.717) is 0 Å². The molecule has 2 heterocycles. The molecule has 0 radical (unpaired) electrons. The average molecular weight is 252 g/mol. The molecule has 1 unspecified atom stereocenters. The zero-order valence-electron chi connectivity index (χ0n) is 11.9. The minimum Gasteiger partial charge on any atom is -0.339 e. The number of likely N-dealkylation sites (N-methyl/N-ethyl adjacent to an activating group) is 1. The van der Waals surface area contributed by atoms with Crippen LogP contribution in [0.15, 0.2) is 4.52 Å². The van der Waals surface area contributed by atoms with Gasteiger partial charge in [0.2, 0.25) is 5.89 Å². The van der Waals surface area contributed by atoms with Crippen LogP contribution in [0.5, 0.6) is 0 Å². The van der Waals surface area contributed by atoms with Crippen LogP contribution in [0.25, 0.3) is 0 Å². The van der Waals surface area contributed by atoms with Crippen LogP contribution in [-0.2, 0) is 6.42 Å². The lowest BCUT2D eigenvalue weighted by atomic mass is 9.86. The summed E-state index contributed by atoms with van der Waals surface area (Å²) in [6.45, 7) is 9.59. The lowest BCUT2D eigenvalue weighted by molar-refractivity contribution is 0.190. The van der Waals surface area contributed by atoms with Crippen LogP contribution in [0.3, 0.4) is 0 Å². The Morgan fingerprint density at radius 3 is 2.94 bits per heavy atom. The number of nitrogens with zero attached hydrogens (tertiary/aromatic N) is 3. The fraction of sp³-hybridized carbons (Fsp3) is 0.846. The van der Waals surface area contributed by atoms with Crippen LogP contribution in [0.4, 0.5) is 0 Å². The smallest absolute Gasteiger partial charge is 0.227 e. The summed E-state index contributed by atoms with van der Waals surface area (Å²) in [4.78, 5) is 6.83. The molecule has 0 aromatic carbocycles. The molecule has 5 heteroatoms. The molecule has 0 bridgehead atoms. The lowest BCUT2D eigenvalue weighted by Gasteiger charge is -2.30. The van der Waals surface area contributed by atoms with E-state index in [2.05, 4.69) is 48.2 Å². The van der Waals surface area contributed by atoms with Crippen molar-refractivity contribution in [2.24, 2.45) is 5.41 Å². The Labute approximate surface area is 109 Å². The van der Waals surface area contributed by atoms with E-state index in [9.17, 15) is 0 Å². The molecule has 1 aromatic heterocycles. The highest BCUT2D eigenvalue weighted by molar-refractivity contribution is 4.98. The van der Waals surface area contributed by atoms with Gasteiger partial charge in [-0.05, 0) is 12.5 Å². The molecular formula is C13H24N4O. The van der Waals surface area contributed by atoms with Gasteiger partial charge in [-0.2, -0.15) is 4.98 Å². The van der Waals surface area contributed by atoms with Gasteiger partial charge in [0.1, 0.15) is 0 Å². The van der Waals surface area contributed by atoms with Crippen LogP contribution in [0.1, 0.15) is 44.9 Å². The second-order valence-corrected chi connectivity index (χ2v) is 5.94. The number of hydrogen-bond acceptors (Lipinski definition) is 5. The summed E-state index contributed by atoms with van der Waals surface area (Å²) in [5, 5.41) is 7.51. The summed E-state index contributed by atoms with van der Waals surface area (Å²) in [7, 11) is 2.11. The Balaban J connectivity index is 2.05. The standard InChI is InChI=1S/C13H24N4O/c1-5-13(2,3)8-11-15-12(16-18-11)10-9-14-6-7-17(10)4/h10,14H,5-9H2,1-4H3. The van der Waals surface area contributed by atoms with E-state index >= 15 is 0 Å². The second kappa shape index (κ2) is 5.36. The van der Waals surface area contributed by atoms with E-state index < -0.39 is 0 Å². The van der Waals surface area contributed by atoms with Gasteiger partial charge in [0, 0.05) is 26.1 Å². The van der Waals surface area contributed by atoms with E-state index in [0.717, 1.165) is 44.2 Å². The number of nitrogens with one attached hydrogen (secondary N) is 1. The summed E-state index contributed by atoms with van der Waals surface area (Å²) in [6.07, 6.45) is 1.95. The van der Waals surface area contributed by atoms with Crippen molar-refractivity contribution < 1.29 is 4.52 Å². The second-order valence-electron chi connectivity index (χ2n) is 5.94. The fourth-order valence-electron chi connectivity index (χ4n) is 2.10. The molecule has 102 valence electrons. The summed E-state index contributed by atoms with van der Waals surface area (Å²) in [5.41, 5.74) is 0.223. The molecule has 1 fully saturated rings. The van der Waals surface area contributed by atoms with Crippen molar-refractivity contribution in [3.05, 3.63) is 11.7 Å². The fourth-order valence-corrected chi connectivity index (χ4v) is 2.10. The predicted octanol–water partition coefficient (Wildman–Crippen LogP) is 1.62. The molecule has 0 aliphatic carbocycles. The molecule has 1 aromatic rings. The monoisotopic (exact) mass is 252 g/mol. The van der Waals surface area contributed by atoms with Crippen molar-refractivity contribution in [1.29, 1.82) is 0 Å². The largest absolute Gasteiger partial charge is 0.339 e. The van der Waals surface area contributed by atoms with Crippen LogP contribution >= 0.6 is 0 Å². The summed E-state index contributed by atoms with van der Waals surface area (Å²) >= 11 is 0. The number of rotatable bonds is 4. The van der Waals surface area contributed by atoms with E-state index in [1.165, 1.54) is 0 Å². The minimum absolute atomic E-state index is 0.223. The van der Waals surface area contributed by atoms with Crippen molar-refractivity contribution >= 4 is 0 Å². The average Bonchev–Trinajstić information content (AvgIpc) is 2.77. The Bertz CT molecular complexity index is 388. The maximum Gasteiger partial charge on any atom is 0.227 e. The Hall–Kier alpha value is -0.940. The molecule has 2 rings (SSSR count). The van der Waals surface area contributed by atoms with Crippen LogP contribution in [0.2, 0.25) is 0 Å². The van der Waals surface area contributed by atoms with Gasteiger partial charge in [0.25, 0.3) is 0 Å². The zero-order chi connectivity index (χ0) is 13.2. The normalized spacial score (nSPS) is 22.3.